The van der Waals surface area contributed by atoms with Gasteiger partial charge in [-0.25, -0.2) is 14.6 Å². The van der Waals surface area contributed by atoms with E-state index < -0.39 is 5.91 Å². The standard InChI is InChI=1S/C38H40Cl2N10O4/c1-21-43-22(2)50(47-21)20-33(52)49-15-13-30-29(19-49)45-37(48(30)3)38(53)46-28-7-5-6-26(34(28)39)27-12-14-42-36(35(27)40)23-8-9-24(31(16-23)54-4)17-41-18-25-10-11-32(51)44-25/h5-9,12,14,16,25,41H,10-11,13,15,17-20H2,1-4H3,(H,44,51)(H,46,53). The van der Waals surface area contributed by atoms with Crippen molar-refractivity contribution >= 4 is 46.6 Å². The van der Waals surface area contributed by atoms with Gasteiger partial charge in [-0.15, -0.1) is 0 Å². The summed E-state index contributed by atoms with van der Waals surface area (Å²) < 4.78 is 9.08. The van der Waals surface area contributed by atoms with Gasteiger partial charge in [0.2, 0.25) is 11.8 Å². The number of aromatic nitrogens is 6. The summed E-state index contributed by atoms with van der Waals surface area (Å²) in [5.74, 6) is 1.73. The van der Waals surface area contributed by atoms with Gasteiger partial charge in [-0.05, 0) is 38.5 Å². The van der Waals surface area contributed by atoms with Gasteiger partial charge in [0.25, 0.3) is 5.91 Å². The minimum absolute atomic E-state index is 0.0856. The quantitative estimate of drug-likeness (QED) is 0.170. The SMILES string of the molecule is COc1cc(-c2nccc(-c3cccc(NC(=O)c4nc5c(n4C)CCN(C(=O)Cn4nc(C)nc4C)C5)c3Cl)c2Cl)ccc1CNCC1CCC(=O)N1. The van der Waals surface area contributed by atoms with E-state index >= 15 is 0 Å². The molecule has 0 radical (unpaired) electrons. The van der Waals surface area contributed by atoms with Crippen LogP contribution in [0.15, 0.2) is 48.7 Å². The van der Waals surface area contributed by atoms with Gasteiger partial charge in [0, 0.05) is 79.7 Å². The van der Waals surface area contributed by atoms with Crippen LogP contribution in [0, 0.1) is 13.8 Å². The number of amides is 3. The molecule has 5 aromatic rings. The summed E-state index contributed by atoms with van der Waals surface area (Å²) >= 11 is 14.0. The Morgan fingerprint density at radius 2 is 1.87 bits per heavy atom. The molecule has 280 valence electrons. The number of ether oxygens (including phenoxy) is 1. The van der Waals surface area contributed by atoms with E-state index in [1.165, 1.54) is 0 Å². The molecule has 1 unspecified atom stereocenters. The number of nitrogens with one attached hydrogen (secondary N) is 3. The van der Waals surface area contributed by atoms with Gasteiger partial charge in [-0.1, -0.05) is 47.5 Å². The van der Waals surface area contributed by atoms with Gasteiger partial charge in [0.1, 0.15) is 23.9 Å². The Morgan fingerprint density at radius 1 is 1.06 bits per heavy atom. The van der Waals surface area contributed by atoms with Crippen LogP contribution in [0.25, 0.3) is 22.4 Å². The predicted octanol–water partition coefficient (Wildman–Crippen LogP) is 4.88. The van der Waals surface area contributed by atoms with Gasteiger partial charge in [0.05, 0.1) is 40.8 Å². The Balaban J connectivity index is 1.06. The number of anilines is 1. The molecule has 54 heavy (non-hydrogen) atoms. The molecule has 14 nitrogen and oxygen atoms in total. The maximum Gasteiger partial charge on any atom is 0.291 e. The van der Waals surface area contributed by atoms with Crippen LogP contribution in [0.1, 0.15) is 52.1 Å². The highest BCUT2D eigenvalue weighted by atomic mass is 35.5. The fraction of sp³-hybridized carbons (Fsp3) is 0.342. The first-order valence-electron chi connectivity index (χ1n) is 17.6. The molecule has 0 aliphatic carbocycles. The number of nitrogens with zero attached hydrogens (tertiary/aromatic N) is 7. The molecule has 3 amide bonds. The van der Waals surface area contributed by atoms with E-state index in [0.29, 0.717) is 88.1 Å². The average Bonchev–Trinajstić information content (AvgIpc) is 3.83. The summed E-state index contributed by atoms with van der Waals surface area (Å²) in [6, 6.07) is 13.0. The second-order valence-corrected chi connectivity index (χ2v) is 14.2. The zero-order valence-corrected chi connectivity index (χ0v) is 31.9. The summed E-state index contributed by atoms with van der Waals surface area (Å²) in [4.78, 5) is 53.6. The molecule has 5 heterocycles. The lowest BCUT2D eigenvalue weighted by Crippen LogP contribution is -2.38. The number of aryl methyl sites for hydroxylation is 2. The molecule has 0 spiro atoms. The van der Waals surface area contributed by atoms with Crippen molar-refractivity contribution in [3.8, 4) is 28.1 Å². The lowest BCUT2D eigenvalue weighted by atomic mass is 10.0. The molecule has 0 bridgehead atoms. The Morgan fingerprint density at radius 3 is 2.61 bits per heavy atom. The van der Waals surface area contributed by atoms with E-state index in [9.17, 15) is 14.4 Å². The van der Waals surface area contributed by atoms with Crippen LogP contribution in [0.3, 0.4) is 0 Å². The van der Waals surface area contributed by atoms with E-state index in [2.05, 4.69) is 36.0 Å². The molecule has 2 aromatic carbocycles. The minimum Gasteiger partial charge on any atom is -0.496 e. The van der Waals surface area contributed by atoms with Crippen molar-refractivity contribution in [2.75, 3.05) is 25.5 Å². The topological polar surface area (TPSA) is 161 Å². The highest BCUT2D eigenvalue weighted by Crippen LogP contribution is 2.41. The molecule has 1 saturated heterocycles. The van der Waals surface area contributed by atoms with Crippen molar-refractivity contribution in [3.05, 3.63) is 93.1 Å². The van der Waals surface area contributed by atoms with E-state index in [1.54, 1.807) is 59.6 Å². The number of hydrogen-bond donors (Lipinski definition) is 3. The Kier molecular flexibility index (Phi) is 10.7. The predicted molar refractivity (Wildman–Crippen MR) is 204 cm³/mol. The van der Waals surface area contributed by atoms with E-state index in [0.717, 1.165) is 23.2 Å². The van der Waals surface area contributed by atoms with Crippen molar-refractivity contribution in [1.29, 1.82) is 0 Å². The van der Waals surface area contributed by atoms with Crippen LogP contribution in [-0.2, 0) is 42.7 Å². The molecule has 1 fully saturated rings. The number of fused-ring (bicyclic) bond motifs is 1. The second kappa shape index (κ2) is 15.6. The van der Waals surface area contributed by atoms with Crippen LogP contribution in [-0.4, -0.2) is 78.2 Å². The maximum atomic E-state index is 13.7. The number of halogens is 2. The first kappa shape index (κ1) is 37.0. The fourth-order valence-corrected chi connectivity index (χ4v) is 7.60. The zero-order chi connectivity index (χ0) is 38.1. The molecule has 1 atom stereocenters. The van der Waals surface area contributed by atoms with Crippen LogP contribution >= 0.6 is 23.2 Å². The molecular formula is C38H40Cl2N10O4. The third-order valence-electron chi connectivity index (χ3n) is 9.84. The highest BCUT2D eigenvalue weighted by Gasteiger charge is 2.29. The third kappa shape index (κ3) is 7.54. The van der Waals surface area contributed by atoms with Crippen LogP contribution in [0.4, 0.5) is 5.69 Å². The highest BCUT2D eigenvalue weighted by molar-refractivity contribution is 6.39. The Hall–Kier alpha value is -5.31. The lowest BCUT2D eigenvalue weighted by molar-refractivity contribution is -0.133. The number of benzene rings is 2. The van der Waals surface area contributed by atoms with Crippen LogP contribution in [0.2, 0.25) is 10.0 Å². The van der Waals surface area contributed by atoms with E-state index in [4.69, 9.17) is 27.9 Å². The number of rotatable bonds is 11. The largest absolute Gasteiger partial charge is 0.496 e. The smallest absolute Gasteiger partial charge is 0.291 e. The number of carbonyl (C=O) groups is 3. The van der Waals surface area contributed by atoms with Crippen LogP contribution < -0.4 is 20.7 Å². The Labute approximate surface area is 322 Å². The van der Waals surface area contributed by atoms with Crippen molar-refractivity contribution < 1.29 is 19.1 Å². The Bertz CT molecular complexity index is 2270. The molecule has 2 aliphatic heterocycles. The lowest BCUT2D eigenvalue weighted by Gasteiger charge is -2.26. The number of methoxy groups -OCH3 is 1. The summed E-state index contributed by atoms with van der Waals surface area (Å²) in [7, 11) is 3.41. The van der Waals surface area contributed by atoms with Crippen molar-refractivity contribution in [1.82, 2.24) is 44.8 Å². The summed E-state index contributed by atoms with van der Waals surface area (Å²) in [6.45, 7) is 5.71. The molecule has 3 N–H and O–H groups in total. The van der Waals surface area contributed by atoms with E-state index in [1.807, 2.05) is 31.2 Å². The van der Waals surface area contributed by atoms with E-state index in [-0.39, 0.29) is 36.8 Å². The first-order chi connectivity index (χ1) is 26.0. The number of pyridine rings is 1. The summed E-state index contributed by atoms with van der Waals surface area (Å²) in [6.07, 6.45) is 3.60. The van der Waals surface area contributed by atoms with Gasteiger partial charge in [-0.3, -0.25) is 19.4 Å². The average molecular weight is 772 g/mol. The summed E-state index contributed by atoms with van der Waals surface area (Å²) in [5, 5.41) is 14.3. The normalized spacial score (nSPS) is 15.3. The first-order valence-corrected chi connectivity index (χ1v) is 18.4. The fourth-order valence-electron chi connectivity index (χ4n) is 7.00. The van der Waals surface area contributed by atoms with Gasteiger partial charge >= 0.3 is 0 Å². The van der Waals surface area contributed by atoms with Crippen molar-refractivity contribution in [2.24, 2.45) is 7.05 Å². The molecule has 0 saturated carbocycles. The monoisotopic (exact) mass is 770 g/mol. The zero-order valence-electron chi connectivity index (χ0n) is 30.4. The summed E-state index contributed by atoms with van der Waals surface area (Å²) in [5.41, 5.74) is 5.47. The van der Waals surface area contributed by atoms with Crippen molar-refractivity contribution in [3.63, 3.8) is 0 Å². The van der Waals surface area contributed by atoms with Crippen molar-refractivity contribution in [2.45, 2.75) is 58.8 Å². The number of carbonyl (C=O) groups excluding carboxylic acids is 3. The van der Waals surface area contributed by atoms with Gasteiger partial charge < -0.3 is 30.2 Å². The third-order valence-corrected chi connectivity index (χ3v) is 10.6. The molecule has 16 heteroatoms. The molecular weight excluding hydrogens is 731 g/mol. The molecule has 2 aliphatic rings. The molecule has 3 aromatic heterocycles. The minimum atomic E-state index is -0.436. The maximum absolute atomic E-state index is 13.7. The number of hydrogen-bond acceptors (Lipinski definition) is 9. The molecule has 7 rings (SSSR count). The van der Waals surface area contributed by atoms with Gasteiger partial charge in [-0.2, -0.15) is 5.10 Å². The second-order valence-electron chi connectivity index (χ2n) is 13.4. The number of imidazole rings is 1. The van der Waals surface area contributed by atoms with Gasteiger partial charge in [0.15, 0.2) is 5.82 Å². The van der Waals surface area contributed by atoms with Crippen LogP contribution in [0.5, 0.6) is 5.75 Å².